The molecule has 0 bridgehead atoms. The molecule has 24 heavy (non-hydrogen) atoms. The molecule has 0 saturated carbocycles. The molecule has 0 atom stereocenters. The lowest BCUT2D eigenvalue weighted by atomic mass is 10.1. The topological polar surface area (TPSA) is 52.7 Å². The molecule has 0 unspecified atom stereocenters. The van der Waals surface area contributed by atoms with E-state index in [0.29, 0.717) is 13.1 Å². The van der Waals surface area contributed by atoms with Crippen LogP contribution in [0.25, 0.3) is 0 Å². The first kappa shape index (κ1) is 16.1. The number of nitrogens with one attached hydrogen (secondary N) is 1. The standard InChI is InChI=1S/C19H21N3O2/c1-14-7-6-10-17(15(14)2)20-18(23)13-21-11-12-22(19(21)24)16-8-4-3-5-9-16/h3-10H,11-13H2,1-2H3,(H,20,23). The largest absolute Gasteiger partial charge is 0.325 e. The third-order valence-electron chi connectivity index (χ3n) is 4.38. The number of urea groups is 1. The lowest BCUT2D eigenvalue weighted by Crippen LogP contribution is -2.37. The number of anilines is 2. The number of nitrogens with zero attached hydrogens (tertiary/aromatic N) is 2. The molecule has 1 heterocycles. The number of carbonyl (C=O) groups is 2. The number of benzene rings is 2. The minimum atomic E-state index is -0.174. The van der Waals surface area contributed by atoms with Gasteiger partial charge < -0.3 is 10.2 Å². The van der Waals surface area contributed by atoms with Crippen molar-refractivity contribution in [2.45, 2.75) is 13.8 Å². The van der Waals surface area contributed by atoms with E-state index in [4.69, 9.17) is 0 Å². The van der Waals surface area contributed by atoms with Crippen LogP contribution in [0.2, 0.25) is 0 Å². The third kappa shape index (κ3) is 3.25. The summed E-state index contributed by atoms with van der Waals surface area (Å²) in [7, 11) is 0. The Labute approximate surface area is 141 Å². The van der Waals surface area contributed by atoms with Gasteiger partial charge in [0.2, 0.25) is 5.91 Å². The highest BCUT2D eigenvalue weighted by molar-refractivity contribution is 5.99. The van der Waals surface area contributed by atoms with Crippen molar-refractivity contribution in [3.8, 4) is 0 Å². The number of aryl methyl sites for hydroxylation is 1. The highest BCUT2D eigenvalue weighted by Crippen LogP contribution is 2.20. The van der Waals surface area contributed by atoms with E-state index in [0.717, 1.165) is 22.5 Å². The molecular formula is C19H21N3O2. The summed E-state index contributed by atoms with van der Waals surface area (Å²) < 4.78 is 0. The first-order chi connectivity index (χ1) is 11.6. The molecule has 1 aliphatic heterocycles. The van der Waals surface area contributed by atoms with Gasteiger partial charge in [-0.05, 0) is 43.2 Å². The molecule has 1 fully saturated rings. The minimum Gasteiger partial charge on any atom is -0.324 e. The summed E-state index contributed by atoms with van der Waals surface area (Å²) in [6.45, 7) is 5.19. The number of hydrogen-bond donors (Lipinski definition) is 1. The van der Waals surface area contributed by atoms with Crippen molar-refractivity contribution in [1.82, 2.24) is 4.90 Å². The van der Waals surface area contributed by atoms with Gasteiger partial charge >= 0.3 is 6.03 Å². The van der Waals surface area contributed by atoms with Gasteiger partial charge in [-0.25, -0.2) is 4.79 Å². The second kappa shape index (κ2) is 6.74. The Balaban J connectivity index is 1.63. The maximum Gasteiger partial charge on any atom is 0.325 e. The van der Waals surface area contributed by atoms with Gasteiger partial charge in [-0.2, -0.15) is 0 Å². The number of carbonyl (C=O) groups excluding carboxylic acids is 2. The van der Waals surface area contributed by atoms with Crippen LogP contribution in [0.15, 0.2) is 48.5 Å². The minimum absolute atomic E-state index is 0.0650. The normalized spacial score (nSPS) is 14.2. The van der Waals surface area contributed by atoms with E-state index in [1.807, 2.05) is 62.4 Å². The van der Waals surface area contributed by atoms with Gasteiger partial charge in [0.25, 0.3) is 0 Å². The van der Waals surface area contributed by atoms with Gasteiger partial charge in [0.05, 0.1) is 0 Å². The van der Waals surface area contributed by atoms with Crippen LogP contribution >= 0.6 is 0 Å². The summed E-state index contributed by atoms with van der Waals surface area (Å²) in [6, 6.07) is 15.2. The zero-order chi connectivity index (χ0) is 17.1. The number of amides is 3. The maximum atomic E-state index is 12.5. The molecule has 0 spiro atoms. The van der Waals surface area contributed by atoms with Crippen LogP contribution in [0.4, 0.5) is 16.2 Å². The fourth-order valence-corrected chi connectivity index (χ4v) is 2.83. The summed E-state index contributed by atoms with van der Waals surface area (Å²) in [4.78, 5) is 28.1. The number of hydrogen-bond acceptors (Lipinski definition) is 2. The van der Waals surface area contributed by atoms with E-state index in [2.05, 4.69) is 5.32 Å². The predicted octanol–water partition coefficient (Wildman–Crippen LogP) is 3.18. The molecule has 1 N–H and O–H groups in total. The Morgan fingerprint density at radius 3 is 2.54 bits per heavy atom. The summed E-state index contributed by atoms with van der Waals surface area (Å²) >= 11 is 0. The molecule has 2 aromatic carbocycles. The Morgan fingerprint density at radius 1 is 1.04 bits per heavy atom. The highest BCUT2D eigenvalue weighted by atomic mass is 16.2. The van der Waals surface area contributed by atoms with Gasteiger partial charge in [-0.1, -0.05) is 30.3 Å². The van der Waals surface area contributed by atoms with Crippen LogP contribution < -0.4 is 10.2 Å². The van der Waals surface area contributed by atoms with Crippen molar-refractivity contribution < 1.29 is 9.59 Å². The van der Waals surface area contributed by atoms with Gasteiger partial charge in [-0.3, -0.25) is 9.69 Å². The zero-order valence-electron chi connectivity index (χ0n) is 14.0. The third-order valence-corrected chi connectivity index (χ3v) is 4.38. The Hall–Kier alpha value is -2.82. The maximum absolute atomic E-state index is 12.5. The molecule has 2 aromatic rings. The molecular weight excluding hydrogens is 302 g/mol. The van der Waals surface area contributed by atoms with Crippen molar-refractivity contribution >= 4 is 23.3 Å². The summed E-state index contributed by atoms with van der Waals surface area (Å²) in [5.74, 6) is -0.174. The number of para-hydroxylation sites is 1. The monoisotopic (exact) mass is 323 g/mol. The predicted molar refractivity (Wildman–Crippen MR) is 95.3 cm³/mol. The van der Waals surface area contributed by atoms with Crippen LogP contribution in [-0.4, -0.2) is 36.5 Å². The first-order valence-corrected chi connectivity index (χ1v) is 8.04. The van der Waals surface area contributed by atoms with Crippen molar-refractivity contribution in [3.05, 3.63) is 59.7 Å². The molecule has 0 aliphatic carbocycles. The molecule has 1 saturated heterocycles. The van der Waals surface area contributed by atoms with Gasteiger partial charge in [0, 0.05) is 24.5 Å². The van der Waals surface area contributed by atoms with Crippen LogP contribution in [0.1, 0.15) is 11.1 Å². The Bertz CT molecular complexity index is 758. The Kier molecular flexibility index (Phi) is 4.51. The molecule has 1 aliphatic rings. The average Bonchev–Trinajstić information content (AvgIpc) is 2.93. The van der Waals surface area contributed by atoms with Crippen LogP contribution in [0.5, 0.6) is 0 Å². The zero-order valence-corrected chi connectivity index (χ0v) is 14.0. The lowest BCUT2D eigenvalue weighted by molar-refractivity contribution is -0.116. The van der Waals surface area contributed by atoms with Gasteiger partial charge in [-0.15, -0.1) is 0 Å². The number of rotatable bonds is 4. The van der Waals surface area contributed by atoms with Crippen molar-refractivity contribution in [1.29, 1.82) is 0 Å². The van der Waals surface area contributed by atoms with Crippen molar-refractivity contribution in [2.24, 2.45) is 0 Å². The smallest absolute Gasteiger partial charge is 0.324 e. The van der Waals surface area contributed by atoms with Crippen LogP contribution in [0, 0.1) is 13.8 Å². The quantitative estimate of drug-likeness (QED) is 0.939. The molecule has 124 valence electrons. The summed E-state index contributed by atoms with van der Waals surface area (Å²) in [6.07, 6.45) is 0. The van der Waals surface area contributed by atoms with Crippen LogP contribution in [0.3, 0.4) is 0 Å². The molecule has 0 radical (unpaired) electrons. The van der Waals surface area contributed by atoms with Crippen LogP contribution in [-0.2, 0) is 4.79 Å². The SMILES string of the molecule is Cc1cccc(NC(=O)CN2CCN(c3ccccc3)C2=O)c1C. The van der Waals surface area contributed by atoms with E-state index in [1.165, 1.54) is 0 Å². The summed E-state index contributed by atoms with van der Waals surface area (Å²) in [5, 5.41) is 2.90. The van der Waals surface area contributed by atoms with E-state index in [-0.39, 0.29) is 18.5 Å². The molecule has 5 nitrogen and oxygen atoms in total. The molecule has 0 aromatic heterocycles. The van der Waals surface area contributed by atoms with Gasteiger partial charge in [0.15, 0.2) is 0 Å². The van der Waals surface area contributed by atoms with E-state index in [1.54, 1.807) is 9.80 Å². The first-order valence-electron chi connectivity index (χ1n) is 8.04. The average molecular weight is 323 g/mol. The van der Waals surface area contributed by atoms with E-state index in [9.17, 15) is 9.59 Å². The second-order valence-electron chi connectivity index (χ2n) is 5.99. The lowest BCUT2D eigenvalue weighted by Gasteiger charge is -2.19. The van der Waals surface area contributed by atoms with Crippen molar-refractivity contribution in [2.75, 3.05) is 29.9 Å². The second-order valence-corrected chi connectivity index (χ2v) is 5.99. The molecule has 5 heteroatoms. The summed E-state index contributed by atoms with van der Waals surface area (Å²) in [5.41, 5.74) is 3.83. The van der Waals surface area contributed by atoms with Gasteiger partial charge in [0.1, 0.15) is 6.54 Å². The fraction of sp³-hybridized carbons (Fsp3) is 0.263. The van der Waals surface area contributed by atoms with Crippen molar-refractivity contribution in [3.63, 3.8) is 0 Å². The highest BCUT2D eigenvalue weighted by Gasteiger charge is 2.30. The molecule has 3 amide bonds. The van der Waals surface area contributed by atoms with E-state index >= 15 is 0 Å². The van der Waals surface area contributed by atoms with E-state index < -0.39 is 0 Å². The Morgan fingerprint density at radius 2 is 1.79 bits per heavy atom. The molecule has 3 rings (SSSR count). The fourth-order valence-electron chi connectivity index (χ4n) is 2.83.